The van der Waals surface area contributed by atoms with E-state index in [1.165, 1.54) is 59.7 Å². The number of hydrogen-bond donors (Lipinski definition) is 0. The first-order valence-corrected chi connectivity index (χ1v) is 16.7. The van der Waals surface area contributed by atoms with Crippen molar-refractivity contribution in [1.29, 1.82) is 0 Å². The highest BCUT2D eigenvalue weighted by Crippen LogP contribution is 2.38. The third-order valence-electron chi connectivity index (χ3n) is 9.83. The van der Waals surface area contributed by atoms with Crippen LogP contribution < -0.4 is 0 Å². The van der Waals surface area contributed by atoms with Crippen molar-refractivity contribution in [3.63, 3.8) is 0 Å². The molecule has 0 spiro atoms. The van der Waals surface area contributed by atoms with Crippen molar-refractivity contribution in [3.8, 4) is 39.5 Å². The van der Waals surface area contributed by atoms with Crippen molar-refractivity contribution >= 4 is 54.1 Å². The second kappa shape index (κ2) is 11.0. The average Bonchev–Trinajstić information content (AvgIpc) is 3.52. The summed E-state index contributed by atoms with van der Waals surface area (Å²) >= 11 is 0. The molecule has 0 amide bonds. The zero-order valence-corrected chi connectivity index (χ0v) is 26.6. The van der Waals surface area contributed by atoms with Crippen molar-refractivity contribution in [2.75, 3.05) is 0 Å². The molecule has 3 nitrogen and oxygen atoms in total. The molecule has 3 heteroatoms. The van der Waals surface area contributed by atoms with Gasteiger partial charge in [0.15, 0.2) is 5.82 Å². The first-order valence-electron chi connectivity index (χ1n) is 16.7. The van der Waals surface area contributed by atoms with Crippen molar-refractivity contribution in [2.24, 2.45) is 0 Å². The topological polar surface area (TPSA) is 30.7 Å². The number of nitrogens with zero attached hydrogens (tertiary/aromatic N) is 3. The van der Waals surface area contributed by atoms with Gasteiger partial charge in [0.25, 0.3) is 0 Å². The highest BCUT2D eigenvalue weighted by atomic mass is 15.0. The SMILES string of the molecule is c1cc(-c2ccc3c4ccccc4c4ccccc4c3c2)cc(-c2ccnc(-c3cccc(-n4c5ccccc5c5ccccc54)c3)n2)c1. The normalized spacial score (nSPS) is 11.7. The minimum Gasteiger partial charge on any atom is -0.309 e. The Morgan fingerprint density at radius 1 is 0.347 bits per heavy atom. The zero-order valence-electron chi connectivity index (χ0n) is 26.6. The summed E-state index contributed by atoms with van der Waals surface area (Å²) in [4.78, 5) is 9.83. The largest absolute Gasteiger partial charge is 0.309 e. The van der Waals surface area contributed by atoms with Crippen molar-refractivity contribution in [2.45, 2.75) is 0 Å². The number of benzene rings is 8. The van der Waals surface area contributed by atoms with Gasteiger partial charge in [0, 0.05) is 33.8 Å². The van der Waals surface area contributed by atoms with E-state index in [1.807, 2.05) is 12.3 Å². The molecule has 8 aromatic carbocycles. The van der Waals surface area contributed by atoms with Gasteiger partial charge >= 0.3 is 0 Å². The van der Waals surface area contributed by atoms with Crippen LogP contribution in [0.3, 0.4) is 0 Å². The third-order valence-corrected chi connectivity index (χ3v) is 9.83. The van der Waals surface area contributed by atoms with E-state index in [0.717, 1.165) is 28.1 Å². The van der Waals surface area contributed by atoms with Gasteiger partial charge in [0.2, 0.25) is 0 Å². The van der Waals surface area contributed by atoms with Gasteiger partial charge in [-0.25, -0.2) is 9.97 Å². The summed E-state index contributed by atoms with van der Waals surface area (Å²) in [7, 11) is 0. The molecule has 10 aromatic rings. The Kier molecular flexibility index (Phi) is 6.18. The lowest BCUT2D eigenvalue weighted by Crippen LogP contribution is -1.96. The quantitative estimate of drug-likeness (QED) is 0.183. The van der Waals surface area contributed by atoms with Gasteiger partial charge in [-0.3, -0.25) is 0 Å². The predicted molar refractivity (Wildman–Crippen MR) is 205 cm³/mol. The molecule has 0 radical (unpaired) electrons. The highest BCUT2D eigenvalue weighted by Gasteiger charge is 2.14. The Labute approximate surface area is 283 Å². The molecule has 0 aliphatic carbocycles. The van der Waals surface area contributed by atoms with Gasteiger partial charge in [-0.2, -0.15) is 0 Å². The molecule has 0 aliphatic rings. The first kappa shape index (κ1) is 27.5. The Balaban J connectivity index is 1.05. The van der Waals surface area contributed by atoms with Gasteiger partial charge in [-0.15, -0.1) is 0 Å². The molecule has 0 fully saturated rings. The van der Waals surface area contributed by atoms with Gasteiger partial charge in [0.05, 0.1) is 16.7 Å². The van der Waals surface area contributed by atoms with E-state index in [0.29, 0.717) is 5.82 Å². The maximum absolute atomic E-state index is 5.10. The molecule has 0 atom stereocenters. The lowest BCUT2D eigenvalue weighted by molar-refractivity contribution is 1.16. The molecule has 2 heterocycles. The molecular formula is C46H29N3. The second-order valence-corrected chi connectivity index (χ2v) is 12.6. The van der Waals surface area contributed by atoms with Crippen LogP contribution in [0.25, 0.3) is 93.6 Å². The van der Waals surface area contributed by atoms with Gasteiger partial charge in [-0.1, -0.05) is 127 Å². The van der Waals surface area contributed by atoms with Crippen LogP contribution in [0.15, 0.2) is 176 Å². The van der Waals surface area contributed by atoms with Crippen LogP contribution in [0, 0.1) is 0 Å². The molecule has 2 aromatic heterocycles. The Bertz CT molecular complexity index is 2810. The van der Waals surface area contributed by atoms with Crippen molar-refractivity contribution in [1.82, 2.24) is 14.5 Å². The van der Waals surface area contributed by atoms with Crippen molar-refractivity contribution < 1.29 is 0 Å². The van der Waals surface area contributed by atoms with Gasteiger partial charge in [0.1, 0.15) is 0 Å². The molecule has 228 valence electrons. The van der Waals surface area contributed by atoms with E-state index in [-0.39, 0.29) is 0 Å². The molecule has 0 aliphatic heterocycles. The van der Waals surface area contributed by atoms with Crippen LogP contribution in [0.2, 0.25) is 0 Å². The predicted octanol–water partition coefficient (Wildman–Crippen LogP) is 12.0. The molecule has 0 saturated heterocycles. The standard InChI is InChI=1S/C46H29N3/c1-2-17-37-35(15-1)36-16-3-4-18-38(36)42-29-31(23-24-39(37)42)30-11-9-12-32(27-30)43-25-26-47-46(48-43)33-13-10-14-34(28-33)49-44-21-7-5-19-40(44)41-20-6-8-22-45(41)49/h1-29H. The molecule has 10 rings (SSSR count). The fourth-order valence-electron chi connectivity index (χ4n) is 7.59. The summed E-state index contributed by atoms with van der Waals surface area (Å²) < 4.78 is 2.33. The fourth-order valence-corrected chi connectivity index (χ4v) is 7.59. The molecule has 0 unspecified atom stereocenters. The van der Waals surface area contributed by atoms with Crippen LogP contribution in [-0.4, -0.2) is 14.5 Å². The zero-order chi connectivity index (χ0) is 32.3. The average molecular weight is 624 g/mol. The monoisotopic (exact) mass is 623 g/mol. The maximum atomic E-state index is 5.10. The van der Waals surface area contributed by atoms with Crippen LogP contribution in [0.1, 0.15) is 0 Å². The Hall–Kier alpha value is -6.58. The van der Waals surface area contributed by atoms with Gasteiger partial charge < -0.3 is 4.57 Å². The van der Waals surface area contributed by atoms with E-state index < -0.39 is 0 Å². The van der Waals surface area contributed by atoms with Crippen LogP contribution in [0.5, 0.6) is 0 Å². The molecule has 0 N–H and O–H groups in total. The van der Waals surface area contributed by atoms with Crippen LogP contribution >= 0.6 is 0 Å². The summed E-state index contributed by atoms with van der Waals surface area (Å²) in [5, 5.41) is 10.2. The lowest BCUT2D eigenvalue weighted by atomic mass is 9.92. The maximum Gasteiger partial charge on any atom is 0.159 e. The number of rotatable bonds is 4. The van der Waals surface area contributed by atoms with Crippen LogP contribution in [-0.2, 0) is 0 Å². The molecule has 0 saturated carbocycles. The Morgan fingerprint density at radius 3 is 1.57 bits per heavy atom. The molecular weight excluding hydrogens is 595 g/mol. The Morgan fingerprint density at radius 2 is 0.878 bits per heavy atom. The molecule has 0 bridgehead atoms. The lowest BCUT2D eigenvalue weighted by Gasteiger charge is -2.13. The number of fused-ring (bicyclic) bond motifs is 9. The summed E-state index contributed by atoms with van der Waals surface area (Å²) in [6.07, 6.45) is 1.87. The summed E-state index contributed by atoms with van der Waals surface area (Å²) in [5.41, 5.74) is 8.72. The smallest absolute Gasteiger partial charge is 0.159 e. The summed E-state index contributed by atoms with van der Waals surface area (Å²) in [5.74, 6) is 0.703. The first-order chi connectivity index (χ1) is 24.3. The van der Waals surface area contributed by atoms with E-state index in [9.17, 15) is 0 Å². The van der Waals surface area contributed by atoms with Crippen LogP contribution in [0.4, 0.5) is 0 Å². The highest BCUT2D eigenvalue weighted by molar-refractivity contribution is 6.25. The van der Waals surface area contributed by atoms with Crippen molar-refractivity contribution in [3.05, 3.63) is 176 Å². The summed E-state index contributed by atoms with van der Waals surface area (Å²) in [6.45, 7) is 0. The fraction of sp³-hybridized carbons (Fsp3) is 0. The third kappa shape index (κ3) is 4.44. The minimum absolute atomic E-state index is 0.703. The number of para-hydroxylation sites is 2. The summed E-state index contributed by atoms with van der Waals surface area (Å²) in [6, 6.07) is 60.7. The molecule has 49 heavy (non-hydrogen) atoms. The number of aromatic nitrogens is 3. The minimum atomic E-state index is 0.703. The van der Waals surface area contributed by atoms with E-state index in [4.69, 9.17) is 9.97 Å². The van der Waals surface area contributed by atoms with E-state index >= 15 is 0 Å². The number of hydrogen-bond acceptors (Lipinski definition) is 2. The van der Waals surface area contributed by atoms with E-state index in [2.05, 4.69) is 168 Å². The van der Waals surface area contributed by atoms with E-state index in [1.54, 1.807) is 0 Å². The van der Waals surface area contributed by atoms with Gasteiger partial charge in [-0.05, 0) is 85.9 Å². The second-order valence-electron chi connectivity index (χ2n) is 12.6.